The minimum Gasteiger partial charge on any atom is -0.307 e. The molecule has 4 aromatic carbocycles. The molecule has 440 valence electrons. The van der Waals surface area contributed by atoms with Crippen molar-refractivity contribution in [3.05, 3.63) is 130 Å². The number of nitrogens with zero attached hydrogens (tertiary/aromatic N) is 3. The van der Waals surface area contributed by atoms with Crippen LogP contribution in [0.3, 0.4) is 0 Å². The van der Waals surface area contributed by atoms with Gasteiger partial charge >= 0.3 is 0 Å². The van der Waals surface area contributed by atoms with Gasteiger partial charge < -0.3 is 21.3 Å². The molecule has 84 heavy (non-hydrogen) atoms. The zero-order valence-electron chi connectivity index (χ0n) is 50.7. The summed E-state index contributed by atoms with van der Waals surface area (Å²) in [4.78, 5) is 14.1. The molecular formula is C77H97N7. The number of nitrogens with one attached hydrogen (secondary N) is 4. The second-order valence-corrected chi connectivity index (χ2v) is 32.3. The molecule has 3 heterocycles. The van der Waals surface area contributed by atoms with Gasteiger partial charge in [-0.25, -0.2) is 0 Å². The first-order chi connectivity index (χ1) is 41.1. The molecule has 24 rings (SSSR count). The van der Waals surface area contributed by atoms with E-state index in [1.807, 2.05) is 6.21 Å². The molecule has 0 unspecified atom stereocenters. The normalized spacial score (nSPS) is 39.3. The lowest BCUT2D eigenvalue weighted by molar-refractivity contribution is -0.0206. The van der Waals surface area contributed by atoms with E-state index in [1.165, 1.54) is 216 Å². The second kappa shape index (κ2) is 21.7. The summed E-state index contributed by atoms with van der Waals surface area (Å²) in [6, 6.07) is 32.8. The van der Waals surface area contributed by atoms with Gasteiger partial charge in [0.25, 0.3) is 0 Å². The highest BCUT2D eigenvalue weighted by Gasteiger charge is 2.54. The number of fused-ring (bicyclic) bond motifs is 4. The van der Waals surface area contributed by atoms with E-state index in [2.05, 4.69) is 123 Å². The Morgan fingerprint density at radius 1 is 0.345 bits per heavy atom. The Morgan fingerprint density at radius 2 is 0.714 bits per heavy atom. The largest absolute Gasteiger partial charge is 0.307 e. The average Bonchev–Trinajstić information content (AvgIpc) is 2.84. The molecule has 0 spiro atoms. The number of hydrogen-bond acceptors (Lipinski definition) is 7. The van der Waals surface area contributed by atoms with Crippen molar-refractivity contribution < 1.29 is 0 Å². The van der Waals surface area contributed by atoms with Crippen LogP contribution in [0.5, 0.6) is 0 Å². The molecule has 0 aromatic heterocycles. The predicted octanol–water partition coefficient (Wildman–Crippen LogP) is 15.9. The van der Waals surface area contributed by atoms with Crippen molar-refractivity contribution in [3.8, 4) is 0 Å². The van der Waals surface area contributed by atoms with E-state index < -0.39 is 0 Å². The summed E-state index contributed by atoms with van der Waals surface area (Å²) in [7, 11) is 0. The Bertz CT molecular complexity index is 2870. The summed E-state index contributed by atoms with van der Waals surface area (Å²) in [6.07, 6.45) is 44.3. The first kappa shape index (κ1) is 53.7. The molecule has 16 bridgehead atoms. The Morgan fingerprint density at radius 3 is 1.12 bits per heavy atom. The highest BCUT2D eigenvalue weighted by molar-refractivity contribution is 5.96. The first-order valence-electron chi connectivity index (χ1n) is 34.8. The quantitative estimate of drug-likeness (QED) is 0.114. The minimum atomic E-state index is 0.464. The van der Waals surface area contributed by atoms with Crippen LogP contribution in [0.4, 0.5) is 17.1 Å². The van der Waals surface area contributed by atoms with Gasteiger partial charge in [-0.05, 0) is 283 Å². The van der Waals surface area contributed by atoms with Gasteiger partial charge in [0.05, 0.1) is 17.1 Å². The molecule has 7 nitrogen and oxygen atoms in total. The Balaban J connectivity index is 0.0000000882. The number of rotatable bonds is 12. The number of benzene rings is 4. The summed E-state index contributed by atoms with van der Waals surface area (Å²) in [5.74, 6) is 12.3. The minimum absolute atomic E-state index is 0.464. The zero-order chi connectivity index (χ0) is 55.5. The average molecular weight is 1120 g/mol. The summed E-state index contributed by atoms with van der Waals surface area (Å²) in [5.41, 5.74) is 18.3. The maximum Gasteiger partial charge on any atom is 0.0665 e. The third-order valence-corrected chi connectivity index (χ3v) is 25.7. The van der Waals surface area contributed by atoms with E-state index in [1.54, 1.807) is 5.57 Å². The highest BCUT2D eigenvalue weighted by atomic mass is 15.0. The van der Waals surface area contributed by atoms with Crippen LogP contribution in [0.1, 0.15) is 187 Å². The van der Waals surface area contributed by atoms with Crippen molar-refractivity contribution in [2.75, 3.05) is 19.6 Å². The van der Waals surface area contributed by atoms with Gasteiger partial charge in [-0.3, -0.25) is 15.0 Å². The molecule has 4 aromatic rings. The van der Waals surface area contributed by atoms with Crippen LogP contribution >= 0.6 is 0 Å². The fourth-order valence-corrected chi connectivity index (χ4v) is 23.8. The molecule has 0 radical (unpaired) electrons. The number of aliphatic imine (C=N–C) groups is 3. The summed E-state index contributed by atoms with van der Waals surface area (Å²) in [6.45, 7) is 4.15. The third-order valence-electron chi connectivity index (χ3n) is 25.7. The standard InChI is InChI=1S/C20H25N.3C19H24N2/c1-2-4-19-9-17(8-18(19)3-1)13-21-20-10-14-5-15(11-20)7-16(6-14)12-20;1-2-18-17(3-4-20-18)8-13(1)12-21-19-9-14-5-15(10-19)7-16(6-14)11-19;2*1-2-4-18-16(3-1)8-17(21-18)12-20-19-9-13-5-14(10-19)7-15(6-13)11-19/h1-4,8,14-16,21H,5-7,9-13H2;1-2,4,8,14-16,21H,3,5-7,9-12H2;2*1-4,13-15,20H,5-12H2. The van der Waals surface area contributed by atoms with Crippen LogP contribution in [-0.4, -0.2) is 59.4 Å². The van der Waals surface area contributed by atoms with Crippen molar-refractivity contribution in [1.29, 1.82) is 0 Å². The Kier molecular flexibility index (Phi) is 13.8. The summed E-state index contributed by atoms with van der Waals surface area (Å²) >= 11 is 0. The topological polar surface area (TPSA) is 85.2 Å². The van der Waals surface area contributed by atoms with Crippen molar-refractivity contribution >= 4 is 40.8 Å². The van der Waals surface area contributed by atoms with E-state index in [-0.39, 0.29) is 0 Å². The van der Waals surface area contributed by atoms with Gasteiger partial charge in [-0.15, -0.1) is 0 Å². The molecule has 16 fully saturated rings. The summed E-state index contributed by atoms with van der Waals surface area (Å²) < 4.78 is 0. The van der Waals surface area contributed by atoms with E-state index in [4.69, 9.17) is 9.98 Å². The molecule has 4 N–H and O–H groups in total. The molecule has 0 amide bonds. The lowest BCUT2D eigenvalue weighted by Crippen LogP contribution is -2.59. The maximum atomic E-state index is 4.82. The van der Waals surface area contributed by atoms with Crippen LogP contribution in [0.25, 0.3) is 6.08 Å². The zero-order valence-corrected chi connectivity index (χ0v) is 50.7. The SMILES string of the molecule is C1=C(CNC23CC4CC(CC(C4)C2)C3)Cc2ccccc21.C1=Nc2ccc(CNC34CC5CC(CC(C5)C3)C4)cc2C1.c1ccc2c(c1)CC(CNC13CC4CC(CC(C4)C1)C3)=N2.c1ccc2c(c1)CC(CNC13CC4CC(CC(C4)C1)C3)=N2. The van der Waals surface area contributed by atoms with Crippen LogP contribution in [0, 0.1) is 71.0 Å². The van der Waals surface area contributed by atoms with Crippen LogP contribution in [-0.2, 0) is 32.2 Å². The molecule has 0 atom stereocenters. The molecule has 17 aliphatic carbocycles. The second-order valence-electron chi connectivity index (χ2n) is 32.3. The third kappa shape index (κ3) is 10.9. The van der Waals surface area contributed by atoms with Crippen molar-refractivity contribution in [1.82, 2.24) is 21.3 Å². The van der Waals surface area contributed by atoms with E-state index in [0.29, 0.717) is 22.2 Å². The molecule has 7 heteroatoms. The predicted molar refractivity (Wildman–Crippen MR) is 345 cm³/mol. The summed E-state index contributed by atoms with van der Waals surface area (Å²) in [5, 5.41) is 16.0. The van der Waals surface area contributed by atoms with Crippen molar-refractivity contribution in [3.63, 3.8) is 0 Å². The molecule has 16 saturated carbocycles. The monoisotopic (exact) mass is 1120 g/mol. The van der Waals surface area contributed by atoms with E-state index >= 15 is 0 Å². The van der Waals surface area contributed by atoms with E-state index in [0.717, 1.165) is 123 Å². The molecule has 20 aliphatic rings. The fourth-order valence-electron chi connectivity index (χ4n) is 23.8. The molecule has 3 aliphatic heterocycles. The van der Waals surface area contributed by atoms with Crippen molar-refractivity contribution in [2.24, 2.45) is 86.0 Å². The van der Waals surface area contributed by atoms with Crippen LogP contribution < -0.4 is 21.3 Å². The number of para-hydroxylation sites is 2. The highest BCUT2D eigenvalue weighted by Crippen LogP contribution is 2.59. The molecule has 0 saturated heterocycles. The van der Waals surface area contributed by atoms with Gasteiger partial charge in [-0.1, -0.05) is 84.4 Å². The van der Waals surface area contributed by atoms with Gasteiger partial charge in [0.1, 0.15) is 0 Å². The number of hydrogen-bond donors (Lipinski definition) is 4. The Labute approximate surface area is 503 Å². The first-order valence-corrected chi connectivity index (χ1v) is 34.8. The lowest BCUT2D eigenvalue weighted by Gasteiger charge is -2.57. The van der Waals surface area contributed by atoms with Crippen LogP contribution in [0.15, 0.2) is 112 Å². The molecular weight excluding hydrogens is 1020 g/mol. The fraction of sp³-hybridized carbons (Fsp3) is 0.623. The van der Waals surface area contributed by atoms with Gasteiger partial charge in [0.2, 0.25) is 0 Å². The smallest absolute Gasteiger partial charge is 0.0665 e. The van der Waals surface area contributed by atoms with Crippen LogP contribution in [0.2, 0.25) is 0 Å². The van der Waals surface area contributed by atoms with Gasteiger partial charge in [-0.2, -0.15) is 0 Å². The van der Waals surface area contributed by atoms with Crippen molar-refractivity contribution in [2.45, 2.75) is 208 Å². The lowest BCUT2D eigenvalue weighted by atomic mass is 9.53. The Hall–Kier alpha value is -4.53. The van der Waals surface area contributed by atoms with E-state index in [9.17, 15) is 0 Å². The van der Waals surface area contributed by atoms with Gasteiger partial charge in [0, 0.05) is 85.2 Å². The van der Waals surface area contributed by atoms with Gasteiger partial charge in [0.15, 0.2) is 0 Å². The maximum absolute atomic E-state index is 4.82.